The summed E-state index contributed by atoms with van der Waals surface area (Å²) in [6, 6.07) is 2.66. The van der Waals surface area contributed by atoms with Gasteiger partial charge in [-0.1, -0.05) is 5.16 Å². The first-order valence-electron chi connectivity index (χ1n) is 6.35. The number of aromatic nitrogens is 2. The molecule has 2 aromatic heterocycles. The van der Waals surface area contributed by atoms with E-state index < -0.39 is 0 Å². The van der Waals surface area contributed by atoms with E-state index >= 15 is 0 Å². The molecule has 0 aliphatic heterocycles. The zero-order chi connectivity index (χ0) is 13.9. The Morgan fingerprint density at radius 2 is 2.30 bits per heavy atom. The molecule has 2 aromatic rings. The van der Waals surface area contributed by atoms with Crippen LogP contribution >= 0.6 is 11.3 Å². The Morgan fingerprint density at radius 3 is 2.85 bits per heavy atom. The molecule has 0 radical (unpaired) electrons. The molecule has 1 fully saturated rings. The highest BCUT2D eigenvalue weighted by Crippen LogP contribution is 2.32. The Balaban J connectivity index is 1.81. The number of nitrogens with two attached hydrogens (primary N) is 1. The first kappa shape index (κ1) is 12.9. The third-order valence-electron chi connectivity index (χ3n) is 3.22. The lowest BCUT2D eigenvalue weighted by molar-refractivity contribution is 0.318. The Kier molecular flexibility index (Phi) is 3.51. The van der Waals surface area contributed by atoms with Crippen molar-refractivity contribution in [2.24, 2.45) is 10.9 Å². The van der Waals surface area contributed by atoms with Crippen LogP contribution in [0.25, 0.3) is 0 Å². The summed E-state index contributed by atoms with van der Waals surface area (Å²) in [5.74, 6) is 0.799. The highest BCUT2D eigenvalue weighted by atomic mass is 32.1. The predicted molar refractivity (Wildman–Crippen MR) is 78.1 cm³/mol. The van der Waals surface area contributed by atoms with Gasteiger partial charge in [0.25, 0.3) is 0 Å². The lowest BCUT2D eigenvalue weighted by Gasteiger charge is -2.22. The summed E-state index contributed by atoms with van der Waals surface area (Å²) in [5.41, 5.74) is 7.15. The van der Waals surface area contributed by atoms with E-state index in [-0.39, 0.29) is 5.84 Å². The van der Waals surface area contributed by atoms with Gasteiger partial charge in [0.05, 0.1) is 12.4 Å². The van der Waals surface area contributed by atoms with Crippen molar-refractivity contribution in [2.45, 2.75) is 25.4 Å². The van der Waals surface area contributed by atoms with E-state index in [4.69, 9.17) is 10.9 Å². The van der Waals surface area contributed by atoms with Gasteiger partial charge in [-0.25, -0.2) is 9.97 Å². The van der Waals surface area contributed by atoms with Crippen LogP contribution in [-0.2, 0) is 6.54 Å². The average Bonchev–Trinajstić information content (AvgIpc) is 3.21. The second-order valence-corrected chi connectivity index (χ2v) is 5.52. The molecule has 0 atom stereocenters. The third-order valence-corrected chi connectivity index (χ3v) is 3.96. The highest BCUT2D eigenvalue weighted by molar-refractivity contribution is 7.07. The number of amidine groups is 1. The van der Waals surface area contributed by atoms with Crippen LogP contribution < -0.4 is 10.6 Å². The lowest BCUT2D eigenvalue weighted by atomic mass is 10.3. The van der Waals surface area contributed by atoms with Crippen molar-refractivity contribution in [2.75, 3.05) is 4.90 Å². The van der Waals surface area contributed by atoms with Crippen LogP contribution in [0.4, 0.5) is 5.82 Å². The molecule has 0 aromatic carbocycles. The van der Waals surface area contributed by atoms with Gasteiger partial charge in [-0.3, -0.25) is 0 Å². The monoisotopic (exact) mass is 289 g/mol. The molecule has 0 amide bonds. The molecule has 1 aliphatic carbocycles. The Hall–Kier alpha value is -2.15. The summed E-state index contributed by atoms with van der Waals surface area (Å²) < 4.78 is 0. The molecule has 0 saturated heterocycles. The Morgan fingerprint density at radius 1 is 1.45 bits per heavy atom. The molecule has 1 aliphatic rings. The first-order valence-corrected chi connectivity index (χ1v) is 7.30. The average molecular weight is 289 g/mol. The van der Waals surface area contributed by atoms with Crippen molar-refractivity contribution in [1.29, 1.82) is 0 Å². The molecule has 0 bridgehead atoms. The van der Waals surface area contributed by atoms with Crippen LogP contribution in [0.5, 0.6) is 0 Å². The smallest absolute Gasteiger partial charge is 0.190 e. The fourth-order valence-electron chi connectivity index (χ4n) is 2.02. The third kappa shape index (κ3) is 2.72. The number of oxime groups is 1. The minimum atomic E-state index is -0.0279. The summed E-state index contributed by atoms with van der Waals surface area (Å²) >= 11 is 1.70. The fraction of sp³-hybridized carbons (Fsp3) is 0.308. The number of hydrogen-bond donors (Lipinski definition) is 2. The zero-order valence-corrected chi connectivity index (χ0v) is 11.6. The number of anilines is 1. The van der Waals surface area contributed by atoms with Gasteiger partial charge in [-0.05, 0) is 35.2 Å². The second kappa shape index (κ2) is 5.46. The summed E-state index contributed by atoms with van der Waals surface area (Å²) in [6.45, 7) is 0.839. The lowest BCUT2D eigenvalue weighted by Crippen LogP contribution is -2.26. The van der Waals surface area contributed by atoms with E-state index in [0.717, 1.165) is 12.4 Å². The maximum Gasteiger partial charge on any atom is 0.190 e. The Bertz CT molecular complexity index is 592. The number of thiophene rings is 1. The van der Waals surface area contributed by atoms with E-state index in [1.807, 2.05) is 0 Å². The molecule has 2 heterocycles. The van der Waals surface area contributed by atoms with E-state index in [9.17, 15) is 0 Å². The van der Waals surface area contributed by atoms with Gasteiger partial charge >= 0.3 is 0 Å². The standard InChI is InChI=1S/C13H15N5OS/c14-13(17-19)11-5-16-12(6-15-11)18(10-1-2-10)7-9-3-4-20-8-9/h3-6,8,10,19H,1-2,7H2,(H2,14,17). The zero-order valence-electron chi connectivity index (χ0n) is 10.8. The summed E-state index contributed by atoms with van der Waals surface area (Å²) in [5, 5.41) is 15.8. The molecule has 0 unspecified atom stereocenters. The number of hydrogen-bond acceptors (Lipinski definition) is 6. The molecular formula is C13H15N5OS. The maximum atomic E-state index is 8.62. The van der Waals surface area contributed by atoms with E-state index in [1.54, 1.807) is 17.5 Å². The van der Waals surface area contributed by atoms with Gasteiger partial charge in [0.2, 0.25) is 0 Å². The molecule has 20 heavy (non-hydrogen) atoms. The van der Waals surface area contributed by atoms with Crippen molar-refractivity contribution in [3.05, 3.63) is 40.5 Å². The van der Waals surface area contributed by atoms with Crippen LogP contribution in [0.15, 0.2) is 34.4 Å². The Labute approximate surface area is 120 Å². The van der Waals surface area contributed by atoms with Crippen molar-refractivity contribution in [3.8, 4) is 0 Å². The minimum Gasteiger partial charge on any atom is -0.409 e. The van der Waals surface area contributed by atoms with Crippen LogP contribution in [0, 0.1) is 0 Å². The van der Waals surface area contributed by atoms with Crippen LogP contribution in [0.2, 0.25) is 0 Å². The highest BCUT2D eigenvalue weighted by Gasteiger charge is 2.30. The van der Waals surface area contributed by atoms with Gasteiger partial charge in [0.15, 0.2) is 5.84 Å². The topological polar surface area (TPSA) is 87.6 Å². The maximum absolute atomic E-state index is 8.62. The summed E-state index contributed by atoms with van der Waals surface area (Å²) in [7, 11) is 0. The summed E-state index contributed by atoms with van der Waals surface area (Å²) in [6.07, 6.45) is 5.59. The number of rotatable bonds is 5. The van der Waals surface area contributed by atoms with Crippen LogP contribution in [-0.4, -0.2) is 27.1 Å². The number of nitrogens with zero attached hydrogens (tertiary/aromatic N) is 4. The van der Waals surface area contributed by atoms with E-state index in [2.05, 4.69) is 36.9 Å². The fourth-order valence-corrected chi connectivity index (χ4v) is 2.68. The predicted octanol–water partition coefficient (Wildman–Crippen LogP) is 1.80. The molecule has 104 valence electrons. The molecule has 6 nitrogen and oxygen atoms in total. The minimum absolute atomic E-state index is 0.0279. The summed E-state index contributed by atoms with van der Waals surface area (Å²) in [4.78, 5) is 10.8. The quantitative estimate of drug-likeness (QED) is 0.379. The van der Waals surface area contributed by atoms with Crippen molar-refractivity contribution < 1.29 is 5.21 Å². The molecule has 0 spiro atoms. The van der Waals surface area contributed by atoms with Gasteiger partial charge in [0.1, 0.15) is 11.5 Å². The normalized spacial score (nSPS) is 15.3. The van der Waals surface area contributed by atoms with Crippen molar-refractivity contribution >= 4 is 23.0 Å². The van der Waals surface area contributed by atoms with Gasteiger partial charge < -0.3 is 15.8 Å². The van der Waals surface area contributed by atoms with E-state index in [0.29, 0.717) is 11.7 Å². The van der Waals surface area contributed by atoms with Gasteiger partial charge in [-0.2, -0.15) is 11.3 Å². The second-order valence-electron chi connectivity index (χ2n) is 4.74. The van der Waals surface area contributed by atoms with Gasteiger partial charge in [-0.15, -0.1) is 0 Å². The largest absolute Gasteiger partial charge is 0.409 e. The molecule has 3 rings (SSSR count). The molecular weight excluding hydrogens is 274 g/mol. The van der Waals surface area contributed by atoms with Crippen LogP contribution in [0.3, 0.4) is 0 Å². The van der Waals surface area contributed by atoms with Crippen molar-refractivity contribution in [1.82, 2.24) is 9.97 Å². The molecule has 1 saturated carbocycles. The van der Waals surface area contributed by atoms with Gasteiger partial charge in [0, 0.05) is 12.6 Å². The van der Waals surface area contributed by atoms with Crippen molar-refractivity contribution in [3.63, 3.8) is 0 Å². The SMILES string of the molecule is NC(=NO)c1cnc(N(Cc2ccsc2)C2CC2)cn1. The van der Waals surface area contributed by atoms with Crippen LogP contribution in [0.1, 0.15) is 24.1 Å². The molecule has 3 N–H and O–H groups in total. The first-order chi connectivity index (χ1) is 9.78. The molecule has 7 heteroatoms. The van der Waals surface area contributed by atoms with E-state index in [1.165, 1.54) is 24.6 Å².